The van der Waals surface area contributed by atoms with E-state index in [0.29, 0.717) is 36.7 Å². The predicted octanol–water partition coefficient (Wildman–Crippen LogP) is 3.77. The number of nitrogens with one attached hydrogen (secondary N) is 2. The van der Waals surface area contributed by atoms with E-state index >= 15 is 0 Å². The fourth-order valence-corrected chi connectivity index (χ4v) is 5.77. The second kappa shape index (κ2) is 10.3. The van der Waals surface area contributed by atoms with Crippen molar-refractivity contribution in [1.29, 1.82) is 0 Å². The molecule has 0 unspecified atom stereocenters. The maximum atomic E-state index is 13.8. The monoisotopic (exact) mass is 541 g/mol. The van der Waals surface area contributed by atoms with Crippen LogP contribution < -0.4 is 15.5 Å². The Morgan fingerprint density at radius 1 is 1.15 bits per heavy atom. The van der Waals surface area contributed by atoms with Gasteiger partial charge in [-0.1, -0.05) is 36.9 Å². The molecule has 208 valence electrons. The average Bonchev–Trinajstić information content (AvgIpc) is 3.52. The van der Waals surface area contributed by atoms with Crippen LogP contribution in [0, 0.1) is 0 Å². The van der Waals surface area contributed by atoms with Gasteiger partial charge in [0.15, 0.2) is 5.82 Å². The van der Waals surface area contributed by atoms with Crippen molar-refractivity contribution in [3.63, 3.8) is 0 Å². The predicted molar refractivity (Wildman–Crippen MR) is 154 cm³/mol. The van der Waals surface area contributed by atoms with Gasteiger partial charge >= 0.3 is 6.03 Å². The summed E-state index contributed by atoms with van der Waals surface area (Å²) in [5.74, 6) is 0.0735. The maximum Gasteiger partial charge on any atom is 0.319 e. The first kappa shape index (κ1) is 27.1. The molecule has 40 heavy (non-hydrogen) atoms. The van der Waals surface area contributed by atoms with Gasteiger partial charge in [0.1, 0.15) is 0 Å². The number of carbonyl (C=O) groups is 3. The summed E-state index contributed by atoms with van der Waals surface area (Å²) in [6.45, 7) is 8.78. The zero-order chi connectivity index (χ0) is 28.8. The van der Waals surface area contributed by atoms with E-state index in [4.69, 9.17) is 5.10 Å². The number of anilines is 2. The van der Waals surface area contributed by atoms with E-state index in [1.807, 2.05) is 70.2 Å². The summed E-state index contributed by atoms with van der Waals surface area (Å²) in [6, 6.07) is 14.8. The molecule has 3 heterocycles. The Labute approximate surface area is 234 Å². The summed E-state index contributed by atoms with van der Waals surface area (Å²) in [6.07, 6.45) is 1.20. The van der Waals surface area contributed by atoms with E-state index in [2.05, 4.69) is 22.1 Å². The molecule has 0 radical (unpaired) electrons. The molecule has 2 N–H and O–H groups in total. The fraction of sp³-hybridized carbons (Fsp3) is 0.333. The highest BCUT2D eigenvalue weighted by Gasteiger charge is 2.47. The Hall–Kier alpha value is -4.44. The number of nitrogens with zero attached hydrogens (tertiary/aromatic N) is 5. The summed E-state index contributed by atoms with van der Waals surface area (Å²) >= 11 is 0. The van der Waals surface area contributed by atoms with Crippen LogP contribution in [0.5, 0.6) is 0 Å². The fourth-order valence-electron chi connectivity index (χ4n) is 5.77. The van der Waals surface area contributed by atoms with Gasteiger partial charge in [0.25, 0.3) is 5.91 Å². The van der Waals surface area contributed by atoms with Crippen molar-refractivity contribution in [2.45, 2.75) is 38.5 Å². The minimum absolute atomic E-state index is 0.159. The molecule has 2 aliphatic heterocycles. The van der Waals surface area contributed by atoms with Crippen LogP contribution in [0.4, 0.5) is 16.3 Å². The molecular weight excluding hydrogens is 506 g/mol. The van der Waals surface area contributed by atoms with Gasteiger partial charge in [0.05, 0.1) is 30.4 Å². The lowest BCUT2D eigenvalue weighted by molar-refractivity contribution is -0.111. The number of urea groups is 1. The van der Waals surface area contributed by atoms with Crippen LogP contribution in [0.1, 0.15) is 52.6 Å². The molecule has 0 saturated heterocycles. The van der Waals surface area contributed by atoms with Crippen LogP contribution >= 0.6 is 0 Å². The molecule has 0 fully saturated rings. The van der Waals surface area contributed by atoms with E-state index < -0.39 is 5.54 Å². The van der Waals surface area contributed by atoms with Crippen molar-refractivity contribution in [3.8, 4) is 0 Å². The van der Waals surface area contributed by atoms with Gasteiger partial charge in [-0.15, -0.1) is 0 Å². The molecule has 3 aromatic rings. The van der Waals surface area contributed by atoms with Gasteiger partial charge in [-0.2, -0.15) is 5.10 Å². The van der Waals surface area contributed by atoms with Crippen molar-refractivity contribution in [2.75, 3.05) is 30.9 Å². The third-order valence-electron chi connectivity index (χ3n) is 7.61. The lowest BCUT2D eigenvalue weighted by atomic mass is 10.0. The minimum atomic E-state index is -0.656. The molecule has 5 rings (SSSR count). The van der Waals surface area contributed by atoms with Crippen molar-refractivity contribution < 1.29 is 14.4 Å². The first-order valence-corrected chi connectivity index (χ1v) is 13.2. The molecule has 0 bridgehead atoms. The molecule has 0 spiro atoms. The molecule has 4 amide bonds. The first-order chi connectivity index (χ1) is 19.0. The van der Waals surface area contributed by atoms with E-state index in [0.717, 1.165) is 22.4 Å². The number of aromatic nitrogens is 2. The number of carbonyl (C=O) groups excluding carboxylic acids is 3. The van der Waals surface area contributed by atoms with Crippen LogP contribution in [0.15, 0.2) is 61.2 Å². The van der Waals surface area contributed by atoms with E-state index in [1.165, 1.54) is 6.08 Å². The van der Waals surface area contributed by atoms with Gasteiger partial charge in [-0.05, 0) is 63.3 Å². The standard InChI is InChI=1S/C30H35N7O3/c1-7-25(38)31-21-13-14-22-20(15-21)16-36(28(22)39)27-23-17-37(30(2,3)26(23)35(6)33-27)29(40)32-24(18-34(4)5)19-11-9-8-10-12-19/h7-15,24H,1,16-18H2,2-6H3,(H,31,38)(H,32,40)/t24-/m1/s1. The summed E-state index contributed by atoms with van der Waals surface area (Å²) < 4.78 is 1.78. The number of fused-ring (bicyclic) bond motifs is 2. The van der Waals surface area contributed by atoms with Crippen LogP contribution in [0.3, 0.4) is 0 Å². The van der Waals surface area contributed by atoms with E-state index in [1.54, 1.807) is 27.8 Å². The number of likely N-dealkylation sites (N-methyl/N-ethyl adjacent to an activating group) is 1. The number of hydrogen-bond donors (Lipinski definition) is 2. The van der Waals surface area contributed by atoms with Gasteiger partial charge in [0, 0.05) is 30.4 Å². The highest BCUT2D eigenvalue weighted by Crippen LogP contribution is 2.44. The van der Waals surface area contributed by atoms with Crippen LogP contribution in [-0.4, -0.2) is 58.1 Å². The summed E-state index contributed by atoms with van der Waals surface area (Å²) in [7, 11) is 5.81. The zero-order valence-corrected chi connectivity index (χ0v) is 23.6. The van der Waals surface area contributed by atoms with Crippen molar-refractivity contribution in [3.05, 3.63) is 89.1 Å². The van der Waals surface area contributed by atoms with Gasteiger partial charge in [-0.25, -0.2) is 4.79 Å². The largest absolute Gasteiger partial charge is 0.330 e. The molecule has 10 nitrogen and oxygen atoms in total. The zero-order valence-electron chi connectivity index (χ0n) is 23.6. The third kappa shape index (κ3) is 4.75. The Bertz CT molecular complexity index is 1490. The molecular formula is C30H35N7O3. The van der Waals surface area contributed by atoms with E-state index in [9.17, 15) is 14.4 Å². The highest BCUT2D eigenvalue weighted by atomic mass is 16.2. The first-order valence-electron chi connectivity index (χ1n) is 13.2. The molecule has 2 aromatic carbocycles. The minimum Gasteiger partial charge on any atom is -0.330 e. The molecule has 2 aliphatic rings. The van der Waals surface area contributed by atoms with Gasteiger partial charge < -0.3 is 20.4 Å². The van der Waals surface area contributed by atoms with Crippen LogP contribution in [-0.2, 0) is 30.5 Å². The van der Waals surface area contributed by atoms with Crippen molar-refractivity contribution in [1.82, 2.24) is 24.9 Å². The number of rotatable bonds is 7. The molecule has 1 aromatic heterocycles. The maximum absolute atomic E-state index is 13.8. The highest BCUT2D eigenvalue weighted by molar-refractivity contribution is 6.10. The second-order valence-corrected chi connectivity index (χ2v) is 11.1. The van der Waals surface area contributed by atoms with Crippen LogP contribution in [0.2, 0.25) is 0 Å². The molecule has 0 saturated carbocycles. The Balaban J connectivity index is 1.41. The normalized spacial score (nSPS) is 16.1. The molecule has 1 atom stereocenters. The number of aryl methyl sites for hydroxylation is 1. The summed E-state index contributed by atoms with van der Waals surface area (Å²) in [4.78, 5) is 44.5. The van der Waals surface area contributed by atoms with Crippen LogP contribution in [0.25, 0.3) is 0 Å². The molecule has 0 aliphatic carbocycles. The SMILES string of the molecule is C=CC(=O)Nc1ccc2c(c1)CN(c1nn(C)c3c1CN(C(=O)N[C@H](CN(C)C)c1ccccc1)C3(C)C)C2=O. The Morgan fingerprint density at radius 3 is 2.55 bits per heavy atom. The number of amides is 4. The lowest BCUT2D eigenvalue weighted by Crippen LogP contribution is -2.49. The number of hydrogen-bond acceptors (Lipinski definition) is 5. The Morgan fingerprint density at radius 2 is 1.88 bits per heavy atom. The molecule has 10 heteroatoms. The van der Waals surface area contributed by atoms with E-state index in [-0.39, 0.29) is 23.9 Å². The third-order valence-corrected chi connectivity index (χ3v) is 7.61. The van der Waals surface area contributed by atoms with Gasteiger partial charge in [0.2, 0.25) is 5.91 Å². The van der Waals surface area contributed by atoms with Crippen molar-refractivity contribution >= 4 is 29.4 Å². The average molecular weight is 542 g/mol. The lowest BCUT2D eigenvalue weighted by Gasteiger charge is -2.34. The Kier molecular flexibility index (Phi) is 6.97. The summed E-state index contributed by atoms with van der Waals surface area (Å²) in [5.41, 5.74) is 4.09. The number of benzene rings is 2. The van der Waals surface area contributed by atoms with Gasteiger partial charge in [-0.3, -0.25) is 19.2 Å². The van der Waals surface area contributed by atoms with Crippen molar-refractivity contribution in [2.24, 2.45) is 7.05 Å². The topological polar surface area (TPSA) is 103 Å². The summed E-state index contributed by atoms with van der Waals surface area (Å²) in [5, 5.41) is 10.7. The second-order valence-electron chi connectivity index (χ2n) is 11.1. The smallest absolute Gasteiger partial charge is 0.319 e. The quantitative estimate of drug-likeness (QED) is 0.444.